The lowest BCUT2D eigenvalue weighted by molar-refractivity contribution is 0.563. The second kappa shape index (κ2) is 12.5. The van der Waals surface area contributed by atoms with Gasteiger partial charge in [0.25, 0.3) is 0 Å². The highest BCUT2D eigenvalue weighted by Crippen LogP contribution is 2.45. The molecule has 0 aliphatic heterocycles. The first-order valence-corrected chi connectivity index (χ1v) is 13.1. The fourth-order valence-electron chi connectivity index (χ4n) is 3.06. The van der Waals surface area contributed by atoms with Crippen LogP contribution in [0.5, 0.6) is 0 Å². The van der Waals surface area contributed by atoms with Gasteiger partial charge in [-0.3, -0.25) is 0 Å². The lowest BCUT2D eigenvalue weighted by atomic mass is 10.1. The average molecular weight is 399 g/mol. The van der Waals surface area contributed by atoms with E-state index in [2.05, 4.69) is 55.3 Å². The van der Waals surface area contributed by atoms with Crippen molar-refractivity contribution in [1.82, 2.24) is 0 Å². The van der Waals surface area contributed by atoms with Gasteiger partial charge in [-0.05, 0) is 62.0 Å². The zero-order valence-electron chi connectivity index (χ0n) is 15.8. The molecule has 0 heterocycles. The molecule has 0 saturated carbocycles. The van der Waals surface area contributed by atoms with E-state index < -0.39 is 0 Å². The van der Waals surface area contributed by atoms with Crippen molar-refractivity contribution in [2.24, 2.45) is 0 Å². The highest BCUT2D eigenvalue weighted by atomic mass is 79.9. The molecule has 1 aromatic carbocycles. The summed E-state index contributed by atoms with van der Waals surface area (Å²) in [5, 5.41) is 1.55. The lowest BCUT2D eigenvalue weighted by Crippen LogP contribution is -2.07. The van der Waals surface area contributed by atoms with Gasteiger partial charge in [-0.25, -0.2) is 0 Å². The molecule has 0 aliphatic rings. The summed E-state index contributed by atoms with van der Waals surface area (Å²) in [7, 11) is 0. The molecule has 0 aliphatic carbocycles. The number of aryl methyl sites for hydroxylation is 1. The Morgan fingerprint density at radius 2 is 1.26 bits per heavy atom. The predicted molar refractivity (Wildman–Crippen MR) is 113 cm³/mol. The number of unbranched alkanes of at least 4 members (excludes halogenated alkanes) is 9. The van der Waals surface area contributed by atoms with Gasteiger partial charge in [-0.15, -0.1) is 0 Å². The average Bonchev–Trinajstić information content (AvgIpc) is 2.54. The van der Waals surface area contributed by atoms with E-state index in [1.807, 2.05) is 0 Å². The third-order valence-electron chi connectivity index (χ3n) is 5.00. The molecule has 1 aromatic rings. The summed E-state index contributed by atoms with van der Waals surface area (Å²) < 4.78 is 0. The van der Waals surface area contributed by atoms with E-state index in [4.69, 9.17) is 0 Å². The van der Waals surface area contributed by atoms with Crippen molar-refractivity contribution in [1.29, 1.82) is 0 Å². The number of hydrogen-bond donors (Lipinski definition) is 0. The molecule has 0 fully saturated rings. The Morgan fingerprint density at radius 3 is 1.83 bits per heavy atom. The van der Waals surface area contributed by atoms with E-state index in [0.717, 1.165) is 0 Å². The maximum atomic E-state index is 3.98. The molecule has 1 atom stereocenters. The van der Waals surface area contributed by atoms with Crippen molar-refractivity contribution >= 4 is 27.4 Å². The second-order valence-electron chi connectivity index (χ2n) is 6.92. The zero-order valence-corrected chi connectivity index (χ0v) is 18.2. The van der Waals surface area contributed by atoms with Gasteiger partial charge in [0.05, 0.1) is 0 Å². The van der Waals surface area contributed by atoms with E-state index in [9.17, 15) is 0 Å². The van der Waals surface area contributed by atoms with Gasteiger partial charge in [0, 0.05) is 0 Å². The quantitative estimate of drug-likeness (QED) is 0.247. The standard InChI is InChI=1S/C21H36BrP/c1-5-6-7-8-9-10-11-12-13-14-17-23(22)21-16-15-18(2)19(3)20(21)4/h15-16H,5-14,17H2,1-4H3. The van der Waals surface area contributed by atoms with Crippen LogP contribution < -0.4 is 5.30 Å². The van der Waals surface area contributed by atoms with Crippen molar-refractivity contribution in [2.45, 2.75) is 91.9 Å². The third kappa shape index (κ3) is 8.17. The molecule has 132 valence electrons. The Bertz CT molecular complexity index is 442. The van der Waals surface area contributed by atoms with Crippen molar-refractivity contribution < 1.29 is 0 Å². The van der Waals surface area contributed by atoms with Crippen LogP contribution in [0.3, 0.4) is 0 Å². The van der Waals surface area contributed by atoms with Crippen LogP contribution in [-0.4, -0.2) is 6.16 Å². The van der Waals surface area contributed by atoms with Crippen LogP contribution in [0.25, 0.3) is 0 Å². The van der Waals surface area contributed by atoms with Crippen LogP contribution in [0.1, 0.15) is 87.8 Å². The molecule has 2 heteroatoms. The molecule has 0 bridgehead atoms. The highest BCUT2D eigenvalue weighted by molar-refractivity contribution is 9.40. The minimum Gasteiger partial charge on any atom is -0.0654 e. The van der Waals surface area contributed by atoms with Crippen molar-refractivity contribution in [3.63, 3.8) is 0 Å². The molecule has 0 N–H and O–H groups in total. The molecule has 0 radical (unpaired) electrons. The topological polar surface area (TPSA) is 0 Å². The van der Waals surface area contributed by atoms with Gasteiger partial charge >= 0.3 is 0 Å². The minimum atomic E-state index is -0.147. The SMILES string of the molecule is CCCCCCCCCCCCP(Br)c1ccc(C)c(C)c1C. The largest absolute Gasteiger partial charge is 0.0654 e. The number of benzene rings is 1. The van der Waals surface area contributed by atoms with Gasteiger partial charge < -0.3 is 0 Å². The highest BCUT2D eigenvalue weighted by Gasteiger charge is 2.12. The molecule has 23 heavy (non-hydrogen) atoms. The van der Waals surface area contributed by atoms with Gasteiger partial charge in [0.2, 0.25) is 0 Å². The first-order chi connectivity index (χ1) is 11.1. The van der Waals surface area contributed by atoms with Crippen molar-refractivity contribution in [2.75, 3.05) is 6.16 Å². The molecular weight excluding hydrogens is 363 g/mol. The Hall–Kier alpha value is 0.130. The first kappa shape index (κ1) is 21.2. The minimum absolute atomic E-state index is 0.147. The van der Waals surface area contributed by atoms with E-state index in [0.29, 0.717) is 0 Å². The molecule has 1 unspecified atom stereocenters. The van der Waals surface area contributed by atoms with E-state index in [-0.39, 0.29) is 6.62 Å². The van der Waals surface area contributed by atoms with Gasteiger partial charge in [-0.1, -0.05) is 92.3 Å². The maximum absolute atomic E-state index is 3.98. The summed E-state index contributed by atoms with van der Waals surface area (Å²) in [6.07, 6.45) is 15.5. The van der Waals surface area contributed by atoms with Crippen LogP contribution in [0.15, 0.2) is 12.1 Å². The maximum Gasteiger partial charge on any atom is -0.00424 e. The number of halogens is 1. The summed E-state index contributed by atoms with van der Waals surface area (Å²) in [5.41, 5.74) is 4.39. The normalized spacial score (nSPS) is 12.6. The van der Waals surface area contributed by atoms with Crippen molar-refractivity contribution in [3.05, 3.63) is 28.8 Å². The molecule has 0 spiro atoms. The summed E-state index contributed by atoms with van der Waals surface area (Å²) in [5.74, 6) is 0. The molecule has 1 rings (SSSR count). The van der Waals surface area contributed by atoms with E-state index in [1.54, 1.807) is 5.30 Å². The number of rotatable bonds is 12. The number of hydrogen-bond acceptors (Lipinski definition) is 0. The smallest absolute Gasteiger partial charge is 0.00424 e. The van der Waals surface area contributed by atoms with Crippen LogP contribution >= 0.6 is 22.1 Å². The fourth-order valence-corrected chi connectivity index (χ4v) is 6.48. The molecule has 0 aromatic heterocycles. The predicted octanol–water partition coefficient (Wildman–Crippen LogP) is 7.95. The van der Waals surface area contributed by atoms with Gasteiger partial charge in [-0.2, -0.15) is 0 Å². The molecule has 0 nitrogen and oxygen atoms in total. The Morgan fingerprint density at radius 1 is 0.739 bits per heavy atom. The molecule has 0 amide bonds. The van der Waals surface area contributed by atoms with Crippen LogP contribution in [-0.2, 0) is 0 Å². The molecule has 0 saturated heterocycles. The lowest BCUT2D eigenvalue weighted by Gasteiger charge is -2.16. The Kier molecular flexibility index (Phi) is 11.5. The fraction of sp³-hybridized carbons (Fsp3) is 0.714. The summed E-state index contributed by atoms with van der Waals surface area (Å²) in [6.45, 7) is 8.90. The third-order valence-corrected chi connectivity index (χ3v) is 8.93. The van der Waals surface area contributed by atoms with E-state index >= 15 is 0 Å². The Labute approximate surface area is 154 Å². The first-order valence-electron chi connectivity index (χ1n) is 9.58. The monoisotopic (exact) mass is 398 g/mol. The van der Waals surface area contributed by atoms with Crippen LogP contribution in [0, 0.1) is 20.8 Å². The molecular formula is C21H36BrP. The van der Waals surface area contributed by atoms with Crippen LogP contribution in [0.2, 0.25) is 0 Å². The van der Waals surface area contributed by atoms with Gasteiger partial charge in [0.15, 0.2) is 0 Å². The summed E-state index contributed by atoms with van der Waals surface area (Å²) in [6, 6.07) is 4.63. The zero-order chi connectivity index (χ0) is 17.1. The van der Waals surface area contributed by atoms with Crippen LogP contribution in [0.4, 0.5) is 0 Å². The van der Waals surface area contributed by atoms with E-state index in [1.165, 1.54) is 87.1 Å². The summed E-state index contributed by atoms with van der Waals surface area (Å²) in [4.78, 5) is 0. The Balaban J connectivity index is 2.13. The summed E-state index contributed by atoms with van der Waals surface area (Å²) >= 11 is 3.98. The van der Waals surface area contributed by atoms with Crippen molar-refractivity contribution in [3.8, 4) is 0 Å². The second-order valence-corrected chi connectivity index (χ2v) is 11.1. The van der Waals surface area contributed by atoms with Gasteiger partial charge in [0.1, 0.15) is 0 Å².